The Kier molecular flexibility index (Phi) is 6.81. The maximum atomic E-state index is 12.7. The smallest absolute Gasteiger partial charge is 0.433 e. The van der Waals surface area contributed by atoms with Crippen LogP contribution in [-0.2, 0) is 6.18 Å². The van der Waals surface area contributed by atoms with E-state index in [4.69, 9.17) is 9.26 Å². The molecule has 0 spiro atoms. The first kappa shape index (κ1) is 24.3. The summed E-state index contributed by atoms with van der Waals surface area (Å²) >= 11 is 0. The van der Waals surface area contributed by atoms with E-state index in [9.17, 15) is 18.0 Å². The highest BCUT2D eigenvalue weighted by Crippen LogP contribution is 2.31. The molecule has 1 aliphatic heterocycles. The average molecular weight is 486 g/mol. The van der Waals surface area contributed by atoms with E-state index in [1.807, 2.05) is 32.0 Å². The number of hydrogen-bond acceptors (Lipinski definition) is 5. The van der Waals surface area contributed by atoms with Crippen molar-refractivity contribution in [3.63, 3.8) is 0 Å². The van der Waals surface area contributed by atoms with Crippen LogP contribution in [0.2, 0.25) is 0 Å². The van der Waals surface area contributed by atoms with E-state index in [1.165, 1.54) is 11.6 Å². The Bertz CT molecular complexity index is 1240. The molecule has 1 N–H and O–H groups in total. The normalized spacial score (nSPS) is 17.5. The van der Waals surface area contributed by atoms with Gasteiger partial charge in [-0.1, -0.05) is 35.9 Å². The van der Waals surface area contributed by atoms with Gasteiger partial charge in [0.15, 0.2) is 0 Å². The predicted octanol–water partition coefficient (Wildman–Crippen LogP) is 6.45. The molecule has 7 nitrogen and oxygen atoms in total. The monoisotopic (exact) mass is 486 g/mol. The van der Waals surface area contributed by atoms with Crippen molar-refractivity contribution in [2.75, 3.05) is 18.4 Å². The van der Waals surface area contributed by atoms with Crippen molar-refractivity contribution in [3.05, 3.63) is 70.7 Å². The highest BCUT2D eigenvalue weighted by molar-refractivity contribution is 5.88. The molecule has 0 aliphatic carbocycles. The summed E-state index contributed by atoms with van der Waals surface area (Å²) in [5.74, 6) is 1.20. The molecule has 1 fully saturated rings. The van der Waals surface area contributed by atoms with Gasteiger partial charge in [0, 0.05) is 18.7 Å². The minimum atomic E-state index is -4.49. The van der Waals surface area contributed by atoms with Crippen LogP contribution in [0.15, 0.2) is 52.7 Å². The number of halogens is 3. The largest absolute Gasteiger partial charge is 0.456 e. The number of aromatic nitrogens is 2. The second-order valence-electron chi connectivity index (χ2n) is 8.52. The van der Waals surface area contributed by atoms with Gasteiger partial charge < -0.3 is 14.2 Å². The van der Waals surface area contributed by atoms with Crippen molar-refractivity contribution >= 4 is 18.0 Å². The molecule has 2 aromatic heterocycles. The third kappa shape index (κ3) is 5.82. The molecule has 3 heterocycles. The van der Waals surface area contributed by atoms with E-state index in [2.05, 4.69) is 28.5 Å². The van der Waals surface area contributed by atoms with Crippen LogP contribution in [-0.4, -0.2) is 34.2 Å². The number of carbonyl (C=O) groups is 1. The van der Waals surface area contributed by atoms with E-state index >= 15 is 0 Å². The lowest BCUT2D eigenvalue weighted by molar-refractivity contribution is -0.141. The standard InChI is InChI=1S/C25H25F3N4O3/c1-15-14-32(24(33)30-23-16(2)17(3)31-35-23)10-9-19(15)11-18-5-4-6-20(12-18)34-21-7-8-22(29-13-21)25(26,27)28/h4-8,11-13,15H,9-10,14H2,1-3H3,(H,30,33). The van der Waals surface area contributed by atoms with Crippen LogP contribution in [0.25, 0.3) is 6.08 Å². The number of urea groups is 1. The lowest BCUT2D eigenvalue weighted by Crippen LogP contribution is -2.42. The first-order valence-corrected chi connectivity index (χ1v) is 11.1. The number of ether oxygens (including phenoxy) is 1. The molecule has 0 bridgehead atoms. The zero-order chi connectivity index (χ0) is 25.2. The molecular formula is C25H25F3N4O3. The quantitative estimate of drug-likeness (QED) is 0.458. The molecule has 1 saturated heterocycles. The van der Waals surface area contributed by atoms with E-state index in [-0.39, 0.29) is 17.7 Å². The molecule has 184 valence electrons. The van der Waals surface area contributed by atoms with Gasteiger partial charge in [0.2, 0.25) is 5.88 Å². The summed E-state index contributed by atoms with van der Waals surface area (Å²) in [5.41, 5.74) is 2.66. The van der Waals surface area contributed by atoms with Crippen LogP contribution in [0.1, 0.15) is 35.9 Å². The Balaban J connectivity index is 1.39. The zero-order valence-corrected chi connectivity index (χ0v) is 19.5. The van der Waals surface area contributed by atoms with Crippen LogP contribution in [0.5, 0.6) is 11.5 Å². The number of piperidine rings is 1. The van der Waals surface area contributed by atoms with Gasteiger partial charge in [0.05, 0.1) is 11.9 Å². The molecular weight excluding hydrogens is 461 g/mol. The Morgan fingerprint density at radius 3 is 2.66 bits per heavy atom. The molecule has 4 rings (SSSR count). The summed E-state index contributed by atoms with van der Waals surface area (Å²) in [6, 6.07) is 9.17. The molecule has 0 saturated carbocycles. The highest BCUT2D eigenvalue weighted by Gasteiger charge is 2.32. The van der Waals surface area contributed by atoms with Crippen molar-refractivity contribution in [1.82, 2.24) is 15.0 Å². The first-order chi connectivity index (χ1) is 16.6. The third-order valence-electron chi connectivity index (χ3n) is 5.94. The number of aryl methyl sites for hydroxylation is 1. The van der Waals surface area contributed by atoms with Crippen LogP contribution in [0.3, 0.4) is 0 Å². The number of hydrogen-bond donors (Lipinski definition) is 1. The molecule has 1 aliphatic rings. The van der Waals surface area contributed by atoms with Crippen molar-refractivity contribution in [3.8, 4) is 11.5 Å². The number of amides is 2. The van der Waals surface area contributed by atoms with Gasteiger partial charge in [-0.2, -0.15) is 13.2 Å². The van der Waals surface area contributed by atoms with E-state index in [1.54, 1.807) is 11.0 Å². The molecule has 2 amide bonds. The molecule has 35 heavy (non-hydrogen) atoms. The molecule has 1 atom stereocenters. The van der Waals surface area contributed by atoms with Crippen molar-refractivity contribution in [2.24, 2.45) is 5.92 Å². The Hall–Kier alpha value is -3.82. The second-order valence-corrected chi connectivity index (χ2v) is 8.52. The Morgan fingerprint density at radius 1 is 1.23 bits per heavy atom. The summed E-state index contributed by atoms with van der Waals surface area (Å²) < 4.78 is 48.9. The highest BCUT2D eigenvalue weighted by atomic mass is 19.4. The van der Waals surface area contributed by atoms with Crippen LogP contribution in [0, 0.1) is 19.8 Å². The minimum absolute atomic E-state index is 0.135. The Morgan fingerprint density at radius 2 is 2.03 bits per heavy atom. The lowest BCUT2D eigenvalue weighted by Gasteiger charge is -2.33. The molecule has 3 aromatic rings. The predicted molar refractivity (Wildman–Crippen MR) is 124 cm³/mol. The van der Waals surface area contributed by atoms with Gasteiger partial charge in [0.1, 0.15) is 17.2 Å². The summed E-state index contributed by atoms with van der Waals surface area (Å²) in [4.78, 5) is 17.8. The fourth-order valence-corrected chi connectivity index (χ4v) is 3.78. The topological polar surface area (TPSA) is 80.5 Å². The van der Waals surface area contributed by atoms with Crippen LogP contribution in [0.4, 0.5) is 23.8 Å². The number of carbonyl (C=O) groups excluding carboxylic acids is 1. The number of nitrogens with zero attached hydrogens (tertiary/aromatic N) is 3. The fraction of sp³-hybridized carbons (Fsp3) is 0.320. The van der Waals surface area contributed by atoms with Crippen LogP contribution >= 0.6 is 0 Å². The van der Waals surface area contributed by atoms with Gasteiger partial charge in [0.25, 0.3) is 0 Å². The van der Waals surface area contributed by atoms with E-state index < -0.39 is 11.9 Å². The van der Waals surface area contributed by atoms with Gasteiger partial charge in [-0.3, -0.25) is 5.32 Å². The summed E-state index contributed by atoms with van der Waals surface area (Å²) in [6.07, 6.45) is -0.678. The fourth-order valence-electron chi connectivity index (χ4n) is 3.78. The second kappa shape index (κ2) is 9.81. The summed E-state index contributed by atoms with van der Waals surface area (Å²) in [7, 11) is 0. The molecule has 0 radical (unpaired) electrons. The number of benzene rings is 1. The van der Waals surface area contributed by atoms with E-state index in [0.717, 1.165) is 29.1 Å². The van der Waals surface area contributed by atoms with Crippen molar-refractivity contribution in [2.45, 2.75) is 33.4 Å². The lowest BCUT2D eigenvalue weighted by atomic mass is 9.91. The van der Waals surface area contributed by atoms with Crippen molar-refractivity contribution in [1.29, 1.82) is 0 Å². The van der Waals surface area contributed by atoms with E-state index in [0.29, 0.717) is 31.1 Å². The number of anilines is 1. The number of pyridine rings is 1. The van der Waals surface area contributed by atoms with Gasteiger partial charge in [-0.15, -0.1) is 0 Å². The van der Waals surface area contributed by atoms with Gasteiger partial charge in [-0.05, 0) is 56.0 Å². The maximum Gasteiger partial charge on any atom is 0.433 e. The average Bonchev–Trinajstić information content (AvgIpc) is 3.12. The molecule has 1 unspecified atom stereocenters. The molecule has 10 heteroatoms. The number of nitrogens with one attached hydrogen (secondary N) is 1. The number of likely N-dealkylation sites (tertiary alicyclic amines) is 1. The number of alkyl halides is 3. The first-order valence-electron chi connectivity index (χ1n) is 11.1. The summed E-state index contributed by atoms with van der Waals surface area (Å²) in [6.45, 7) is 6.82. The van der Waals surface area contributed by atoms with Crippen molar-refractivity contribution < 1.29 is 27.2 Å². The minimum Gasteiger partial charge on any atom is -0.456 e. The zero-order valence-electron chi connectivity index (χ0n) is 19.5. The third-order valence-corrected chi connectivity index (χ3v) is 5.94. The maximum absolute atomic E-state index is 12.7. The van der Waals surface area contributed by atoms with Crippen LogP contribution < -0.4 is 10.1 Å². The summed E-state index contributed by atoms with van der Waals surface area (Å²) in [5, 5.41) is 6.64. The van der Waals surface area contributed by atoms with Gasteiger partial charge in [-0.25, -0.2) is 9.78 Å². The Labute approximate surface area is 200 Å². The number of rotatable bonds is 4. The van der Waals surface area contributed by atoms with Gasteiger partial charge >= 0.3 is 12.2 Å². The molecule has 1 aromatic carbocycles. The SMILES string of the molecule is Cc1noc(NC(=O)N2CCC(=Cc3cccc(Oc4ccc(C(F)(F)F)nc4)c3)C(C)C2)c1C.